The van der Waals surface area contributed by atoms with E-state index in [1.165, 1.54) is 15.6 Å². The van der Waals surface area contributed by atoms with E-state index in [0.29, 0.717) is 10.9 Å². The molecule has 0 aliphatic heterocycles. The lowest BCUT2D eigenvalue weighted by Gasteiger charge is -2.17. The average molecular weight is 340 g/mol. The van der Waals surface area contributed by atoms with Crippen molar-refractivity contribution in [3.8, 4) is 0 Å². The molecule has 0 fully saturated rings. The maximum absolute atomic E-state index is 12.0. The van der Waals surface area contributed by atoms with Gasteiger partial charge in [0.15, 0.2) is 0 Å². The fourth-order valence-corrected chi connectivity index (χ4v) is 3.61. The van der Waals surface area contributed by atoms with Gasteiger partial charge in [-0.1, -0.05) is 18.5 Å². The smallest absolute Gasteiger partial charge is 0.279 e. The first-order valence-electron chi connectivity index (χ1n) is 6.61. The third kappa shape index (κ3) is 6.51. The molecular weight excluding hydrogens is 318 g/mol. The van der Waals surface area contributed by atoms with E-state index in [-0.39, 0.29) is 6.54 Å². The minimum Gasteiger partial charge on any atom is -0.317 e. The zero-order chi connectivity index (χ0) is 15.0. The molecule has 1 heterocycles. The highest BCUT2D eigenvalue weighted by molar-refractivity contribution is 7.87. The van der Waals surface area contributed by atoms with Gasteiger partial charge in [-0.25, -0.2) is 0 Å². The Bertz CT molecular complexity index is 491. The Kier molecular flexibility index (Phi) is 8.01. The second-order valence-corrected chi connectivity index (χ2v) is 8.12. The van der Waals surface area contributed by atoms with Gasteiger partial charge in [-0.15, -0.1) is 11.3 Å². The van der Waals surface area contributed by atoms with E-state index in [1.54, 1.807) is 13.1 Å². The largest absolute Gasteiger partial charge is 0.317 e. The van der Waals surface area contributed by atoms with Gasteiger partial charge in [-0.3, -0.25) is 0 Å². The number of hydrogen-bond acceptors (Lipinski definition) is 4. The lowest BCUT2D eigenvalue weighted by Crippen LogP contribution is -2.38. The molecule has 2 N–H and O–H groups in total. The van der Waals surface area contributed by atoms with Gasteiger partial charge in [0.05, 0.1) is 4.34 Å². The van der Waals surface area contributed by atoms with Gasteiger partial charge in [0.25, 0.3) is 10.2 Å². The summed E-state index contributed by atoms with van der Waals surface area (Å²) in [5.41, 5.74) is 0. The number of thiophene rings is 1. The van der Waals surface area contributed by atoms with Crippen LogP contribution < -0.4 is 10.0 Å². The first-order valence-corrected chi connectivity index (χ1v) is 9.25. The molecule has 20 heavy (non-hydrogen) atoms. The van der Waals surface area contributed by atoms with Gasteiger partial charge in [0.1, 0.15) is 0 Å². The van der Waals surface area contributed by atoms with Crippen LogP contribution >= 0.6 is 22.9 Å². The van der Waals surface area contributed by atoms with Gasteiger partial charge < -0.3 is 5.32 Å². The zero-order valence-electron chi connectivity index (χ0n) is 11.9. The number of hydrogen-bond donors (Lipinski definition) is 2. The molecule has 0 amide bonds. The van der Waals surface area contributed by atoms with E-state index >= 15 is 0 Å². The molecule has 0 saturated heterocycles. The van der Waals surface area contributed by atoms with Crippen LogP contribution in [0, 0.1) is 0 Å². The number of rotatable bonds is 10. The Morgan fingerprint density at radius 3 is 2.70 bits per heavy atom. The van der Waals surface area contributed by atoms with Gasteiger partial charge in [-0.05, 0) is 38.1 Å². The summed E-state index contributed by atoms with van der Waals surface area (Å²) in [6, 6.07) is 3.59. The van der Waals surface area contributed by atoms with Gasteiger partial charge >= 0.3 is 0 Å². The van der Waals surface area contributed by atoms with Crippen molar-refractivity contribution in [1.82, 2.24) is 14.3 Å². The zero-order valence-corrected chi connectivity index (χ0v) is 14.2. The van der Waals surface area contributed by atoms with Crippen LogP contribution in [-0.2, 0) is 16.8 Å². The number of nitrogens with zero attached hydrogens (tertiary/aromatic N) is 1. The summed E-state index contributed by atoms with van der Waals surface area (Å²) in [6.45, 7) is 4.67. The molecule has 0 spiro atoms. The monoisotopic (exact) mass is 339 g/mol. The fourth-order valence-electron chi connectivity index (χ4n) is 1.57. The van der Waals surface area contributed by atoms with Gasteiger partial charge in [-0.2, -0.15) is 17.4 Å². The summed E-state index contributed by atoms with van der Waals surface area (Å²) in [5, 5.41) is 3.25. The molecule has 0 aromatic carbocycles. The lowest BCUT2D eigenvalue weighted by molar-refractivity contribution is 0.444. The molecule has 1 aromatic heterocycles. The summed E-state index contributed by atoms with van der Waals surface area (Å²) in [6.07, 6.45) is 1.88. The Hall–Kier alpha value is -0.180. The van der Waals surface area contributed by atoms with Crippen LogP contribution in [0.3, 0.4) is 0 Å². The maximum atomic E-state index is 12.0. The first kappa shape index (κ1) is 17.9. The molecule has 0 aliphatic carbocycles. The summed E-state index contributed by atoms with van der Waals surface area (Å²) in [4.78, 5) is 0.900. The van der Waals surface area contributed by atoms with Crippen LogP contribution in [0.5, 0.6) is 0 Å². The first-order chi connectivity index (χ1) is 9.45. The molecule has 0 aliphatic rings. The van der Waals surface area contributed by atoms with Crippen molar-refractivity contribution in [1.29, 1.82) is 0 Å². The molecule has 0 saturated carbocycles. The maximum Gasteiger partial charge on any atom is 0.279 e. The van der Waals surface area contributed by atoms with Crippen molar-refractivity contribution in [3.05, 3.63) is 21.3 Å². The molecule has 8 heteroatoms. The summed E-state index contributed by atoms with van der Waals surface area (Å²) < 4.78 is 28.6. The second kappa shape index (κ2) is 8.96. The third-order valence-electron chi connectivity index (χ3n) is 2.72. The third-order valence-corrected chi connectivity index (χ3v) is 5.46. The molecule has 0 radical (unpaired) electrons. The van der Waals surface area contributed by atoms with Crippen molar-refractivity contribution in [3.63, 3.8) is 0 Å². The van der Waals surface area contributed by atoms with E-state index in [0.717, 1.165) is 30.8 Å². The molecular formula is C12H22ClN3O2S2. The predicted octanol–water partition coefficient (Wildman–Crippen LogP) is 2.06. The average Bonchev–Trinajstić information content (AvgIpc) is 2.82. The highest BCUT2D eigenvalue weighted by Gasteiger charge is 2.16. The van der Waals surface area contributed by atoms with Crippen molar-refractivity contribution in [2.75, 3.05) is 26.7 Å². The molecule has 1 rings (SSSR count). The van der Waals surface area contributed by atoms with Crippen LogP contribution in [0.25, 0.3) is 0 Å². The van der Waals surface area contributed by atoms with Crippen LogP contribution in [0.2, 0.25) is 4.34 Å². The van der Waals surface area contributed by atoms with Gasteiger partial charge in [0, 0.05) is 25.0 Å². The van der Waals surface area contributed by atoms with Crippen molar-refractivity contribution in [2.45, 2.75) is 26.3 Å². The normalized spacial score (nSPS) is 12.2. The highest BCUT2D eigenvalue weighted by atomic mass is 35.5. The lowest BCUT2D eigenvalue weighted by atomic mass is 10.4. The number of halogens is 1. The van der Waals surface area contributed by atoms with Crippen LogP contribution in [0.15, 0.2) is 12.1 Å². The van der Waals surface area contributed by atoms with E-state index in [4.69, 9.17) is 11.6 Å². The molecule has 0 atom stereocenters. The Balaban J connectivity index is 2.31. The van der Waals surface area contributed by atoms with Crippen LogP contribution in [0.4, 0.5) is 0 Å². The van der Waals surface area contributed by atoms with Crippen molar-refractivity contribution < 1.29 is 8.42 Å². The minimum atomic E-state index is -3.42. The Labute approximate surface area is 130 Å². The molecule has 1 aromatic rings. The minimum absolute atomic E-state index is 0.276. The number of nitrogens with one attached hydrogen (secondary N) is 2. The van der Waals surface area contributed by atoms with Crippen LogP contribution in [-0.4, -0.2) is 39.4 Å². The summed E-state index contributed by atoms with van der Waals surface area (Å²) >= 11 is 7.18. The van der Waals surface area contributed by atoms with E-state index in [1.807, 2.05) is 6.07 Å². The summed E-state index contributed by atoms with van der Waals surface area (Å²) in [7, 11) is -1.84. The Morgan fingerprint density at radius 1 is 1.35 bits per heavy atom. The standard InChI is InChI=1S/C12H22ClN3O2S2/c1-3-7-14-8-4-9-16(2)20(17,18)15-10-11-5-6-12(13)19-11/h5-6,14-15H,3-4,7-10H2,1-2H3. The summed E-state index contributed by atoms with van der Waals surface area (Å²) in [5.74, 6) is 0. The van der Waals surface area contributed by atoms with Crippen LogP contribution in [0.1, 0.15) is 24.6 Å². The van der Waals surface area contributed by atoms with Crippen molar-refractivity contribution in [2.24, 2.45) is 0 Å². The topological polar surface area (TPSA) is 61.4 Å². The van der Waals surface area contributed by atoms with Gasteiger partial charge in [0.2, 0.25) is 0 Å². The van der Waals surface area contributed by atoms with E-state index in [2.05, 4.69) is 17.0 Å². The quantitative estimate of drug-likeness (QED) is 0.641. The molecule has 5 nitrogen and oxygen atoms in total. The second-order valence-electron chi connectivity index (χ2n) is 4.46. The molecule has 116 valence electrons. The highest BCUT2D eigenvalue weighted by Crippen LogP contribution is 2.21. The van der Waals surface area contributed by atoms with E-state index in [9.17, 15) is 8.42 Å². The fraction of sp³-hybridized carbons (Fsp3) is 0.667. The SMILES string of the molecule is CCCNCCCN(C)S(=O)(=O)NCc1ccc(Cl)s1. The predicted molar refractivity (Wildman–Crippen MR) is 85.5 cm³/mol. The molecule has 0 unspecified atom stereocenters. The van der Waals surface area contributed by atoms with Crippen molar-refractivity contribution >= 4 is 33.1 Å². The Morgan fingerprint density at radius 2 is 2.10 bits per heavy atom. The van der Waals surface area contributed by atoms with E-state index < -0.39 is 10.2 Å². The molecule has 0 bridgehead atoms.